The topological polar surface area (TPSA) is 46.2 Å². The minimum absolute atomic E-state index is 0.0642. The fourth-order valence-electron chi connectivity index (χ4n) is 1.28. The first kappa shape index (κ1) is 8.02. The van der Waals surface area contributed by atoms with E-state index in [2.05, 4.69) is 0 Å². The summed E-state index contributed by atoms with van der Waals surface area (Å²) in [6.07, 6.45) is 1.61. The average molecular weight is 143 g/mol. The van der Waals surface area contributed by atoms with Crippen molar-refractivity contribution in [2.45, 2.75) is 45.3 Å². The molecule has 0 aromatic rings. The number of aliphatic hydroxyl groups is 1. The van der Waals surface area contributed by atoms with Crippen molar-refractivity contribution in [2.75, 3.05) is 0 Å². The van der Waals surface area contributed by atoms with Gasteiger partial charge in [0, 0.05) is 5.54 Å². The molecule has 60 valence electrons. The number of hydrogen-bond acceptors (Lipinski definition) is 2. The van der Waals surface area contributed by atoms with Crippen LogP contribution in [0.1, 0.15) is 33.6 Å². The Kier molecular flexibility index (Phi) is 1.57. The second kappa shape index (κ2) is 1.95. The maximum absolute atomic E-state index is 9.66. The molecule has 1 saturated carbocycles. The molecule has 1 unspecified atom stereocenters. The van der Waals surface area contributed by atoms with Crippen molar-refractivity contribution in [3.8, 4) is 0 Å². The average Bonchev–Trinajstić information content (AvgIpc) is 2.45. The molecule has 0 saturated heterocycles. The van der Waals surface area contributed by atoms with Gasteiger partial charge in [0.05, 0.1) is 6.10 Å². The van der Waals surface area contributed by atoms with E-state index in [9.17, 15) is 5.11 Å². The molecule has 0 aromatic carbocycles. The van der Waals surface area contributed by atoms with Gasteiger partial charge in [-0.05, 0) is 18.3 Å². The summed E-state index contributed by atoms with van der Waals surface area (Å²) in [5.74, 6) is 0. The Bertz CT molecular complexity index is 127. The third-order valence-corrected chi connectivity index (χ3v) is 2.19. The fourth-order valence-corrected chi connectivity index (χ4v) is 1.28. The summed E-state index contributed by atoms with van der Waals surface area (Å²) >= 11 is 0. The highest BCUT2D eigenvalue weighted by atomic mass is 16.3. The van der Waals surface area contributed by atoms with Crippen LogP contribution in [0.2, 0.25) is 0 Å². The lowest BCUT2D eigenvalue weighted by atomic mass is 9.84. The summed E-state index contributed by atoms with van der Waals surface area (Å²) in [6, 6.07) is 0. The SMILES string of the molecule is CC(C)(C)C(O)C1(N)CC1. The van der Waals surface area contributed by atoms with Gasteiger partial charge in [-0.25, -0.2) is 0 Å². The highest BCUT2D eigenvalue weighted by Gasteiger charge is 2.49. The van der Waals surface area contributed by atoms with Crippen LogP contribution in [0.4, 0.5) is 0 Å². The Morgan fingerprint density at radius 1 is 1.40 bits per heavy atom. The molecule has 0 aromatic heterocycles. The van der Waals surface area contributed by atoms with Crippen LogP contribution in [0.15, 0.2) is 0 Å². The molecule has 1 fully saturated rings. The van der Waals surface area contributed by atoms with Gasteiger partial charge in [0.2, 0.25) is 0 Å². The van der Waals surface area contributed by atoms with Gasteiger partial charge >= 0.3 is 0 Å². The Hall–Kier alpha value is -0.0800. The molecule has 2 nitrogen and oxygen atoms in total. The van der Waals surface area contributed by atoms with Crippen molar-refractivity contribution < 1.29 is 5.11 Å². The van der Waals surface area contributed by atoms with Gasteiger partial charge in [-0.15, -0.1) is 0 Å². The largest absolute Gasteiger partial charge is 0.391 e. The van der Waals surface area contributed by atoms with Crippen molar-refractivity contribution in [1.29, 1.82) is 0 Å². The third-order valence-electron chi connectivity index (χ3n) is 2.19. The maximum Gasteiger partial charge on any atom is 0.0767 e. The normalized spacial score (nSPS) is 26.1. The first-order valence-corrected chi connectivity index (χ1v) is 3.83. The van der Waals surface area contributed by atoms with Gasteiger partial charge in [-0.2, -0.15) is 0 Å². The zero-order valence-electron chi connectivity index (χ0n) is 7.02. The molecular weight excluding hydrogens is 126 g/mol. The Morgan fingerprint density at radius 2 is 1.80 bits per heavy atom. The quantitative estimate of drug-likeness (QED) is 0.572. The van der Waals surface area contributed by atoms with E-state index < -0.39 is 0 Å². The first-order chi connectivity index (χ1) is 4.36. The highest BCUT2D eigenvalue weighted by Crippen LogP contribution is 2.42. The second-order valence-electron chi connectivity index (χ2n) is 4.50. The fraction of sp³-hybridized carbons (Fsp3) is 1.00. The summed E-state index contributed by atoms with van der Waals surface area (Å²) in [7, 11) is 0. The van der Waals surface area contributed by atoms with E-state index in [0.29, 0.717) is 0 Å². The molecule has 0 aliphatic heterocycles. The minimum atomic E-state index is -0.347. The zero-order valence-corrected chi connectivity index (χ0v) is 7.02. The van der Waals surface area contributed by atoms with Crippen LogP contribution < -0.4 is 5.73 Å². The van der Waals surface area contributed by atoms with E-state index in [1.807, 2.05) is 20.8 Å². The summed E-state index contributed by atoms with van der Waals surface area (Å²) in [5, 5.41) is 9.66. The summed E-state index contributed by atoms with van der Waals surface area (Å²) in [6.45, 7) is 6.06. The number of aliphatic hydroxyl groups excluding tert-OH is 1. The van der Waals surface area contributed by atoms with Gasteiger partial charge in [-0.1, -0.05) is 20.8 Å². The molecule has 0 amide bonds. The number of rotatable bonds is 1. The van der Waals surface area contributed by atoms with Gasteiger partial charge in [0.25, 0.3) is 0 Å². The molecule has 0 heterocycles. The molecule has 2 heteroatoms. The van der Waals surface area contributed by atoms with Gasteiger partial charge in [0.15, 0.2) is 0 Å². The maximum atomic E-state index is 9.66. The molecule has 0 spiro atoms. The molecule has 0 bridgehead atoms. The van der Waals surface area contributed by atoms with Gasteiger partial charge in [-0.3, -0.25) is 0 Å². The lowest BCUT2D eigenvalue weighted by Crippen LogP contribution is -2.45. The Morgan fingerprint density at radius 3 is 1.90 bits per heavy atom. The molecule has 1 atom stereocenters. The van der Waals surface area contributed by atoms with Crippen molar-refractivity contribution in [3.63, 3.8) is 0 Å². The van der Waals surface area contributed by atoms with E-state index in [0.717, 1.165) is 12.8 Å². The number of hydrogen-bond donors (Lipinski definition) is 2. The van der Waals surface area contributed by atoms with Gasteiger partial charge < -0.3 is 10.8 Å². The molecule has 0 radical (unpaired) electrons. The van der Waals surface area contributed by atoms with Crippen LogP contribution in [-0.4, -0.2) is 16.7 Å². The Balaban J connectivity index is 2.57. The molecular formula is C8H17NO. The van der Waals surface area contributed by atoms with Crippen LogP contribution in [-0.2, 0) is 0 Å². The monoisotopic (exact) mass is 143 g/mol. The van der Waals surface area contributed by atoms with E-state index in [4.69, 9.17) is 5.73 Å². The molecule has 3 N–H and O–H groups in total. The first-order valence-electron chi connectivity index (χ1n) is 3.83. The molecule has 1 aliphatic carbocycles. The number of nitrogens with two attached hydrogens (primary N) is 1. The predicted octanol–water partition coefficient (Wildman–Crippen LogP) is 0.885. The Labute approximate surface area is 62.4 Å². The zero-order chi connectivity index (χ0) is 7.99. The standard InChI is InChI=1S/C8H17NO/c1-7(2,3)6(10)8(9)4-5-8/h6,10H,4-5,9H2,1-3H3. The highest BCUT2D eigenvalue weighted by molar-refractivity contribution is 5.07. The van der Waals surface area contributed by atoms with Crippen molar-refractivity contribution in [1.82, 2.24) is 0 Å². The van der Waals surface area contributed by atoms with Gasteiger partial charge in [0.1, 0.15) is 0 Å². The predicted molar refractivity (Wildman–Crippen MR) is 41.6 cm³/mol. The summed E-state index contributed by atoms with van der Waals surface area (Å²) in [4.78, 5) is 0. The van der Waals surface area contributed by atoms with E-state index >= 15 is 0 Å². The minimum Gasteiger partial charge on any atom is -0.391 e. The second-order valence-corrected chi connectivity index (χ2v) is 4.50. The van der Waals surface area contributed by atoms with Crippen LogP contribution in [0, 0.1) is 5.41 Å². The molecule has 1 rings (SSSR count). The lowest BCUT2D eigenvalue weighted by Gasteiger charge is -2.30. The van der Waals surface area contributed by atoms with Crippen LogP contribution >= 0.6 is 0 Å². The van der Waals surface area contributed by atoms with Crippen molar-refractivity contribution in [2.24, 2.45) is 11.1 Å². The summed E-state index contributed by atoms with van der Waals surface area (Å²) < 4.78 is 0. The van der Waals surface area contributed by atoms with Crippen molar-refractivity contribution in [3.05, 3.63) is 0 Å². The molecule has 1 aliphatic rings. The summed E-state index contributed by atoms with van der Waals surface area (Å²) in [5.41, 5.74) is 5.51. The van der Waals surface area contributed by atoms with Crippen LogP contribution in [0.5, 0.6) is 0 Å². The third kappa shape index (κ3) is 1.32. The molecule has 10 heavy (non-hydrogen) atoms. The van der Waals surface area contributed by atoms with E-state index in [1.54, 1.807) is 0 Å². The van der Waals surface area contributed by atoms with Crippen LogP contribution in [0.3, 0.4) is 0 Å². The smallest absolute Gasteiger partial charge is 0.0767 e. The van der Waals surface area contributed by atoms with Crippen molar-refractivity contribution >= 4 is 0 Å². The van der Waals surface area contributed by atoms with Crippen LogP contribution in [0.25, 0.3) is 0 Å². The van der Waals surface area contributed by atoms with E-state index in [-0.39, 0.29) is 17.1 Å². The van der Waals surface area contributed by atoms with E-state index in [1.165, 1.54) is 0 Å². The lowest BCUT2D eigenvalue weighted by molar-refractivity contribution is 0.0320.